The van der Waals surface area contributed by atoms with Crippen LogP contribution in [-0.4, -0.2) is 14.2 Å². The molecule has 0 amide bonds. The molecular formula is C4H10NO3S-. The molecule has 0 saturated carbocycles. The summed E-state index contributed by atoms with van der Waals surface area (Å²) in [7, 11) is -3.49. The van der Waals surface area contributed by atoms with Crippen LogP contribution >= 0.6 is 0 Å². The Morgan fingerprint density at radius 2 is 2.11 bits per heavy atom. The van der Waals surface area contributed by atoms with E-state index in [0.717, 1.165) is 11.3 Å². The number of rotatable bonds is 4. The van der Waals surface area contributed by atoms with Gasteiger partial charge >= 0.3 is 0 Å². The molecular weight excluding hydrogens is 142 g/mol. The monoisotopic (exact) mass is 152 g/mol. The van der Waals surface area contributed by atoms with Crippen molar-refractivity contribution in [3.8, 4) is 0 Å². The first-order chi connectivity index (χ1) is 4.12. The Hall–Kier alpha value is -0.130. The van der Waals surface area contributed by atoms with Crippen LogP contribution in [0.25, 0.3) is 0 Å². The summed E-state index contributed by atoms with van der Waals surface area (Å²) in [6, 6.07) is 0. The number of hydrogen-bond donors (Lipinski definition) is 1. The predicted molar refractivity (Wildman–Crippen MR) is 35.2 cm³/mol. The SMILES string of the molecule is CCCCS(=O)(=O)N[O-]. The molecule has 0 aromatic rings. The van der Waals surface area contributed by atoms with E-state index in [1.54, 1.807) is 0 Å². The minimum absolute atomic E-state index is 0.0625. The number of hydrogen-bond acceptors (Lipinski definition) is 3. The highest BCUT2D eigenvalue weighted by Crippen LogP contribution is 1.91. The maximum atomic E-state index is 10.3. The van der Waals surface area contributed by atoms with Gasteiger partial charge in [-0.2, -0.15) is 0 Å². The largest absolute Gasteiger partial charge is 0.775 e. The molecule has 0 aliphatic heterocycles. The van der Waals surface area contributed by atoms with Gasteiger partial charge in [-0.05, 0) is 6.42 Å². The van der Waals surface area contributed by atoms with Crippen LogP contribution in [0.1, 0.15) is 19.8 Å². The lowest BCUT2D eigenvalue weighted by Crippen LogP contribution is -2.19. The third kappa shape index (κ3) is 4.38. The summed E-state index contributed by atoms with van der Waals surface area (Å²) < 4.78 is 20.7. The van der Waals surface area contributed by atoms with Crippen LogP contribution in [0.2, 0.25) is 0 Å². The molecule has 0 saturated heterocycles. The summed E-state index contributed by atoms with van der Waals surface area (Å²) in [5, 5.41) is 9.62. The summed E-state index contributed by atoms with van der Waals surface area (Å²) in [6.07, 6.45) is 1.32. The molecule has 5 heteroatoms. The number of unbranched alkanes of at least 4 members (excludes halogenated alkanes) is 1. The smallest absolute Gasteiger partial charge is 0.200 e. The molecule has 0 atom stereocenters. The quantitative estimate of drug-likeness (QED) is 0.585. The van der Waals surface area contributed by atoms with Crippen LogP contribution in [-0.2, 0) is 10.0 Å². The molecule has 0 aliphatic carbocycles. The molecule has 0 spiro atoms. The molecule has 9 heavy (non-hydrogen) atoms. The second-order valence-corrected chi connectivity index (χ2v) is 3.56. The summed E-state index contributed by atoms with van der Waals surface area (Å²) in [6.45, 7) is 1.86. The van der Waals surface area contributed by atoms with Crippen molar-refractivity contribution in [3.63, 3.8) is 0 Å². The summed E-state index contributed by atoms with van der Waals surface area (Å²) in [4.78, 5) is 0.998. The van der Waals surface area contributed by atoms with Crippen LogP contribution in [0.15, 0.2) is 0 Å². The van der Waals surface area contributed by atoms with Crippen LogP contribution in [0, 0.1) is 5.21 Å². The van der Waals surface area contributed by atoms with Crippen molar-refractivity contribution in [2.75, 3.05) is 5.75 Å². The summed E-state index contributed by atoms with van der Waals surface area (Å²) in [5.41, 5.74) is 0. The molecule has 0 aromatic heterocycles. The predicted octanol–water partition coefficient (Wildman–Crippen LogP) is 0.204. The van der Waals surface area contributed by atoms with Crippen molar-refractivity contribution in [1.82, 2.24) is 4.89 Å². The van der Waals surface area contributed by atoms with E-state index in [0.29, 0.717) is 6.42 Å². The maximum absolute atomic E-state index is 10.3. The fourth-order valence-electron chi connectivity index (χ4n) is 0.376. The molecule has 0 fully saturated rings. The van der Waals surface area contributed by atoms with Crippen molar-refractivity contribution < 1.29 is 8.42 Å². The standard InChI is InChI=1S/C4H10NO3S/c1-2-3-4-9(7,8)5-6/h5H,2-4H2,1H3/q-1. The number of nitrogens with one attached hydrogen (secondary N) is 1. The first kappa shape index (κ1) is 8.87. The van der Waals surface area contributed by atoms with Gasteiger partial charge in [-0.15, -0.1) is 0 Å². The Kier molecular flexibility index (Phi) is 3.76. The molecule has 0 unspecified atom stereocenters. The second-order valence-electron chi connectivity index (χ2n) is 1.76. The van der Waals surface area contributed by atoms with E-state index in [1.807, 2.05) is 6.92 Å². The average Bonchev–Trinajstić information content (AvgIpc) is 1.84. The van der Waals surface area contributed by atoms with Crippen molar-refractivity contribution in [3.05, 3.63) is 5.21 Å². The maximum Gasteiger partial charge on any atom is 0.200 e. The zero-order chi connectivity index (χ0) is 7.33. The van der Waals surface area contributed by atoms with Gasteiger partial charge in [0, 0.05) is 0 Å². The lowest BCUT2D eigenvalue weighted by Gasteiger charge is -2.06. The van der Waals surface area contributed by atoms with Gasteiger partial charge in [-0.1, -0.05) is 13.3 Å². The molecule has 0 radical (unpaired) electrons. The fraction of sp³-hybridized carbons (Fsp3) is 1.00. The highest BCUT2D eigenvalue weighted by atomic mass is 32.2. The highest BCUT2D eigenvalue weighted by molar-refractivity contribution is 7.89. The minimum Gasteiger partial charge on any atom is -0.775 e. The van der Waals surface area contributed by atoms with E-state index >= 15 is 0 Å². The van der Waals surface area contributed by atoms with E-state index in [2.05, 4.69) is 0 Å². The van der Waals surface area contributed by atoms with Crippen molar-refractivity contribution in [2.45, 2.75) is 19.8 Å². The Bertz CT molecular complexity index is 151. The molecule has 0 bridgehead atoms. The zero-order valence-electron chi connectivity index (χ0n) is 5.25. The van der Waals surface area contributed by atoms with Crippen LogP contribution in [0.4, 0.5) is 0 Å². The van der Waals surface area contributed by atoms with E-state index in [1.165, 1.54) is 0 Å². The van der Waals surface area contributed by atoms with Crippen LogP contribution in [0.5, 0.6) is 0 Å². The van der Waals surface area contributed by atoms with Gasteiger partial charge in [0.2, 0.25) is 0 Å². The van der Waals surface area contributed by atoms with Gasteiger partial charge in [0.1, 0.15) is 0 Å². The number of sulfonamides is 1. The Labute approximate surface area is 54.9 Å². The van der Waals surface area contributed by atoms with Crippen molar-refractivity contribution in [2.24, 2.45) is 0 Å². The topological polar surface area (TPSA) is 69.2 Å². The summed E-state index contributed by atoms with van der Waals surface area (Å²) in [5.74, 6) is -0.0625. The van der Waals surface area contributed by atoms with Crippen LogP contribution < -0.4 is 4.89 Å². The molecule has 1 N–H and O–H groups in total. The molecule has 0 heterocycles. The van der Waals surface area contributed by atoms with E-state index in [4.69, 9.17) is 0 Å². The second kappa shape index (κ2) is 3.81. The van der Waals surface area contributed by atoms with E-state index in [9.17, 15) is 13.6 Å². The lowest BCUT2D eigenvalue weighted by atomic mass is 10.4. The zero-order valence-corrected chi connectivity index (χ0v) is 6.07. The third-order valence-corrected chi connectivity index (χ3v) is 1.97. The van der Waals surface area contributed by atoms with Gasteiger partial charge in [0.15, 0.2) is 10.0 Å². The molecule has 0 rings (SSSR count). The van der Waals surface area contributed by atoms with Gasteiger partial charge in [0.05, 0.1) is 5.75 Å². The van der Waals surface area contributed by atoms with E-state index in [-0.39, 0.29) is 5.75 Å². The Balaban J connectivity index is 3.61. The highest BCUT2D eigenvalue weighted by Gasteiger charge is 2.00. The molecule has 0 aromatic carbocycles. The first-order valence-corrected chi connectivity index (χ1v) is 4.39. The van der Waals surface area contributed by atoms with Crippen molar-refractivity contribution >= 4 is 10.0 Å². The average molecular weight is 152 g/mol. The van der Waals surface area contributed by atoms with Gasteiger partial charge in [0.25, 0.3) is 0 Å². The normalized spacial score (nSPS) is 11.8. The lowest BCUT2D eigenvalue weighted by molar-refractivity contribution is 0.587. The van der Waals surface area contributed by atoms with Gasteiger partial charge in [-0.3, -0.25) is 4.89 Å². The Morgan fingerprint density at radius 1 is 1.56 bits per heavy atom. The van der Waals surface area contributed by atoms with Gasteiger partial charge < -0.3 is 5.21 Å². The first-order valence-electron chi connectivity index (χ1n) is 2.74. The Morgan fingerprint density at radius 3 is 2.44 bits per heavy atom. The molecule has 56 valence electrons. The fourth-order valence-corrected chi connectivity index (χ4v) is 1.13. The van der Waals surface area contributed by atoms with E-state index < -0.39 is 10.0 Å². The minimum atomic E-state index is -3.49. The molecule has 4 nitrogen and oxygen atoms in total. The molecule has 0 aliphatic rings. The van der Waals surface area contributed by atoms with Gasteiger partial charge in [-0.25, -0.2) is 8.42 Å². The van der Waals surface area contributed by atoms with Crippen LogP contribution in [0.3, 0.4) is 0 Å². The third-order valence-electron chi connectivity index (χ3n) is 0.894. The van der Waals surface area contributed by atoms with Crippen molar-refractivity contribution in [1.29, 1.82) is 0 Å². The summed E-state index contributed by atoms with van der Waals surface area (Å²) >= 11 is 0.